The zero-order chi connectivity index (χ0) is 14.8. The summed E-state index contributed by atoms with van der Waals surface area (Å²) in [5, 5.41) is 12.9. The number of benzene rings is 2. The number of anilines is 1. The van der Waals surface area contributed by atoms with E-state index in [1.54, 1.807) is 30.1 Å². The van der Waals surface area contributed by atoms with E-state index in [-0.39, 0.29) is 11.7 Å². The molecule has 2 aromatic carbocycles. The second kappa shape index (κ2) is 5.58. The first-order chi connectivity index (χ1) is 10.2. The molecule has 4 nitrogen and oxygen atoms in total. The maximum absolute atomic E-state index is 12.8. The molecule has 1 heterocycles. The van der Waals surface area contributed by atoms with Gasteiger partial charge in [-0.25, -0.2) is 0 Å². The van der Waals surface area contributed by atoms with Crippen molar-refractivity contribution in [1.29, 1.82) is 0 Å². The van der Waals surface area contributed by atoms with Gasteiger partial charge in [0, 0.05) is 30.9 Å². The van der Waals surface area contributed by atoms with Crippen molar-refractivity contribution in [3.05, 3.63) is 59.2 Å². The summed E-state index contributed by atoms with van der Waals surface area (Å²) in [6.45, 7) is 1.71. The first-order valence-corrected chi connectivity index (χ1v) is 7.05. The van der Waals surface area contributed by atoms with Crippen molar-refractivity contribution < 1.29 is 9.90 Å². The average molecular weight is 282 g/mol. The number of rotatable bonds is 2. The van der Waals surface area contributed by atoms with Gasteiger partial charge >= 0.3 is 0 Å². The zero-order valence-electron chi connectivity index (χ0n) is 12.0. The van der Waals surface area contributed by atoms with Crippen LogP contribution in [0.25, 0.3) is 0 Å². The molecule has 0 aliphatic carbocycles. The van der Waals surface area contributed by atoms with Crippen LogP contribution in [0.2, 0.25) is 0 Å². The Kier molecular flexibility index (Phi) is 3.62. The SMILES string of the molecule is CN(C(=O)c1cccc2c1CCNC2)c1cccc(O)c1. The minimum Gasteiger partial charge on any atom is -0.508 e. The Balaban J connectivity index is 1.95. The lowest BCUT2D eigenvalue weighted by Crippen LogP contribution is -2.30. The molecule has 1 aliphatic rings. The minimum absolute atomic E-state index is 0.0423. The number of phenols is 1. The third kappa shape index (κ3) is 2.62. The molecule has 2 aromatic rings. The molecule has 0 unspecified atom stereocenters. The van der Waals surface area contributed by atoms with Crippen molar-refractivity contribution in [2.45, 2.75) is 13.0 Å². The first-order valence-electron chi connectivity index (χ1n) is 7.05. The standard InChI is InChI=1S/C17H18N2O2/c1-19(13-5-3-6-14(20)10-13)17(21)16-7-2-4-12-11-18-9-8-15(12)16/h2-7,10,18,20H,8-9,11H2,1H3. The molecule has 0 aromatic heterocycles. The van der Waals surface area contributed by atoms with Gasteiger partial charge < -0.3 is 15.3 Å². The van der Waals surface area contributed by atoms with Gasteiger partial charge in [0.05, 0.1) is 0 Å². The molecule has 1 aliphatic heterocycles. The van der Waals surface area contributed by atoms with Crippen molar-refractivity contribution in [3.8, 4) is 5.75 Å². The highest BCUT2D eigenvalue weighted by Crippen LogP contribution is 2.24. The van der Waals surface area contributed by atoms with E-state index in [0.29, 0.717) is 5.69 Å². The number of hydrogen-bond donors (Lipinski definition) is 2. The number of phenolic OH excluding ortho intramolecular Hbond substituents is 1. The Hall–Kier alpha value is -2.33. The second-order valence-corrected chi connectivity index (χ2v) is 5.25. The summed E-state index contributed by atoms with van der Waals surface area (Å²) >= 11 is 0. The van der Waals surface area contributed by atoms with Gasteiger partial charge in [-0.05, 0) is 42.3 Å². The summed E-state index contributed by atoms with van der Waals surface area (Å²) < 4.78 is 0. The molecule has 0 bridgehead atoms. The Morgan fingerprint density at radius 1 is 1.24 bits per heavy atom. The summed E-state index contributed by atoms with van der Waals surface area (Å²) in [7, 11) is 1.73. The molecule has 108 valence electrons. The molecule has 0 saturated carbocycles. The van der Waals surface area contributed by atoms with E-state index in [0.717, 1.165) is 30.6 Å². The first kappa shape index (κ1) is 13.6. The Bertz CT molecular complexity index is 682. The number of carbonyl (C=O) groups excluding carboxylic acids is 1. The van der Waals surface area contributed by atoms with Crippen LogP contribution >= 0.6 is 0 Å². The van der Waals surface area contributed by atoms with Crippen LogP contribution in [-0.2, 0) is 13.0 Å². The van der Waals surface area contributed by atoms with E-state index in [1.807, 2.05) is 18.2 Å². The minimum atomic E-state index is -0.0423. The lowest BCUT2D eigenvalue weighted by Gasteiger charge is -2.23. The van der Waals surface area contributed by atoms with E-state index in [2.05, 4.69) is 11.4 Å². The summed E-state index contributed by atoms with van der Waals surface area (Å²) in [4.78, 5) is 14.3. The van der Waals surface area contributed by atoms with Crippen LogP contribution in [0.5, 0.6) is 5.75 Å². The van der Waals surface area contributed by atoms with Crippen molar-refractivity contribution >= 4 is 11.6 Å². The highest BCUT2D eigenvalue weighted by atomic mass is 16.3. The van der Waals surface area contributed by atoms with Gasteiger partial charge in [-0.2, -0.15) is 0 Å². The predicted molar refractivity (Wildman–Crippen MR) is 82.7 cm³/mol. The molecule has 2 N–H and O–H groups in total. The molecule has 0 atom stereocenters. The fourth-order valence-electron chi connectivity index (χ4n) is 2.73. The van der Waals surface area contributed by atoms with Crippen molar-refractivity contribution in [3.63, 3.8) is 0 Å². The van der Waals surface area contributed by atoms with Crippen molar-refractivity contribution in [2.24, 2.45) is 0 Å². The number of aromatic hydroxyl groups is 1. The normalized spacial score (nSPS) is 13.6. The molecular weight excluding hydrogens is 264 g/mol. The number of carbonyl (C=O) groups is 1. The van der Waals surface area contributed by atoms with Crippen LogP contribution in [0, 0.1) is 0 Å². The van der Waals surface area contributed by atoms with Crippen LogP contribution in [0.3, 0.4) is 0 Å². The lowest BCUT2D eigenvalue weighted by molar-refractivity contribution is 0.0992. The zero-order valence-corrected chi connectivity index (χ0v) is 12.0. The lowest BCUT2D eigenvalue weighted by atomic mass is 9.95. The third-order valence-corrected chi connectivity index (χ3v) is 3.89. The smallest absolute Gasteiger partial charge is 0.258 e. The predicted octanol–water partition coefficient (Wildman–Crippen LogP) is 2.31. The van der Waals surface area contributed by atoms with Crippen LogP contribution in [-0.4, -0.2) is 24.6 Å². The second-order valence-electron chi connectivity index (χ2n) is 5.25. The molecule has 21 heavy (non-hydrogen) atoms. The fourth-order valence-corrected chi connectivity index (χ4v) is 2.73. The van der Waals surface area contributed by atoms with E-state index in [1.165, 1.54) is 5.56 Å². The van der Waals surface area contributed by atoms with Gasteiger partial charge in [0.2, 0.25) is 0 Å². The van der Waals surface area contributed by atoms with Crippen molar-refractivity contribution in [1.82, 2.24) is 5.32 Å². The number of nitrogens with one attached hydrogen (secondary N) is 1. The van der Waals surface area contributed by atoms with Gasteiger partial charge in [0.15, 0.2) is 0 Å². The quantitative estimate of drug-likeness (QED) is 0.888. The topological polar surface area (TPSA) is 52.6 Å². The van der Waals surface area contributed by atoms with E-state index in [9.17, 15) is 9.90 Å². The molecule has 0 fully saturated rings. The molecular formula is C17H18N2O2. The van der Waals surface area contributed by atoms with Gasteiger partial charge in [-0.15, -0.1) is 0 Å². The van der Waals surface area contributed by atoms with E-state index < -0.39 is 0 Å². The van der Waals surface area contributed by atoms with Crippen LogP contribution in [0.15, 0.2) is 42.5 Å². The number of fused-ring (bicyclic) bond motifs is 1. The summed E-state index contributed by atoms with van der Waals surface area (Å²) in [6.07, 6.45) is 0.866. The monoisotopic (exact) mass is 282 g/mol. The van der Waals surface area contributed by atoms with Crippen LogP contribution < -0.4 is 10.2 Å². The molecule has 3 rings (SSSR count). The highest BCUT2D eigenvalue weighted by Gasteiger charge is 2.20. The fraction of sp³-hybridized carbons (Fsp3) is 0.235. The summed E-state index contributed by atoms with van der Waals surface area (Å²) in [5.41, 5.74) is 3.76. The van der Waals surface area contributed by atoms with Crippen molar-refractivity contribution in [2.75, 3.05) is 18.5 Å². The van der Waals surface area contributed by atoms with Gasteiger partial charge in [-0.3, -0.25) is 4.79 Å². The van der Waals surface area contributed by atoms with E-state index >= 15 is 0 Å². The third-order valence-electron chi connectivity index (χ3n) is 3.89. The molecule has 1 amide bonds. The Morgan fingerprint density at radius 3 is 2.86 bits per heavy atom. The number of nitrogens with zero attached hydrogens (tertiary/aromatic N) is 1. The molecule has 0 spiro atoms. The molecule has 0 radical (unpaired) electrons. The summed E-state index contributed by atoms with van der Waals surface area (Å²) in [5.74, 6) is 0.116. The highest BCUT2D eigenvalue weighted by molar-refractivity contribution is 6.07. The van der Waals surface area contributed by atoms with Gasteiger partial charge in [0.25, 0.3) is 5.91 Å². The molecule has 0 saturated heterocycles. The molecule has 4 heteroatoms. The Labute approximate surface area is 124 Å². The number of amides is 1. The average Bonchev–Trinajstić information content (AvgIpc) is 2.53. The van der Waals surface area contributed by atoms with Crippen LogP contribution in [0.4, 0.5) is 5.69 Å². The van der Waals surface area contributed by atoms with Crippen LogP contribution in [0.1, 0.15) is 21.5 Å². The van der Waals surface area contributed by atoms with Gasteiger partial charge in [-0.1, -0.05) is 18.2 Å². The number of hydrogen-bond acceptors (Lipinski definition) is 3. The van der Waals surface area contributed by atoms with E-state index in [4.69, 9.17) is 0 Å². The maximum atomic E-state index is 12.8. The van der Waals surface area contributed by atoms with Gasteiger partial charge in [0.1, 0.15) is 5.75 Å². The Morgan fingerprint density at radius 2 is 2.05 bits per heavy atom. The largest absolute Gasteiger partial charge is 0.508 e. The maximum Gasteiger partial charge on any atom is 0.258 e. The summed E-state index contributed by atoms with van der Waals surface area (Å²) in [6, 6.07) is 12.6.